The van der Waals surface area contributed by atoms with Gasteiger partial charge in [0.1, 0.15) is 0 Å². The Kier molecular flexibility index (Phi) is 5.69. The summed E-state index contributed by atoms with van der Waals surface area (Å²) in [5.74, 6) is 0.964. The minimum Gasteiger partial charge on any atom is -0.481 e. The van der Waals surface area contributed by atoms with Crippen LogP contribution < -0.4 is 5.32 Å². The Balaban J connectivity index is 1.26. The zero-order valence-electron chi connectivity index (χ0n) is 16.3. The first-order chi connectivity index (χ1) is 13.4. The minimum atomic E-state index is -0.925. The van der Waals surface area contributed by atoms with Crippen molar-refractivity contribution in [3.05, 3.63) is 34.9 Å². The van der Waals surface area contributed by atoms with Crippen molar-refractivity contribution in [3.63, 3.8) is 0 Å². The Morgan fingerprint density at radius 2 is 1.64 bits per heavy atom. The van der Waals surface area contributed by atoms with Gasteiger partial charge in [0, 0.05) is 18.0 Å². The molecular formula is C23H30ClNO3. The van der Waals surface area contributed by atoms with E-state index < -0.39 is 11.9 Å². The summed E-state index contributed by atoms with van der Waals surface area (Å²) in [4.78, 5) is 24.0. The van der Waals surface area contributed by atoms with Crippen molar-refractivity contribution in [2.75, 3.05) is 6.54 Å². The molecule has 4 bridgehead atoms. The van der Waals surface area contributed by atoms with Crippen molar-refractivity contribution in [1.29, 1.82) is 0 Å². The highest BCUT2D eigenvalue weighted by Gasteiger charge is 2.50. The van der Waals surface area contributed by atoms with Crippen LogP contribution >= 0.6 is 11.6 Å². The molecule has 28 heavy (non-hydrogen) atoms. The predicted molar refractivity (Wildman–Crippen MR) is 109 cm³/mol. The van der Waals surface area contributed by atoms with Crippen LogP contribution in [0.1, 0.15) is 56.9 Å². The first kappa shape index (κ1) is 19.8. The third kappa shape index (κ3) is 4.53. The Hall–Kier alpha value is -1.55. The third-order valence-corrected chi connectivity index (χ3v) is 7.57. The van der Waals surface area contributed by atoms with Gasteiger partial charge in [-0.25, -0.2) is 0 Å². The molecule has 1 atom stereocenters. The maximum absolute atomic E-state index is 12.4. The van der Waals surface area contributed by atoms with Crippen LogP contribution in [0.2, 0.25) is 5.02 Å². The van der Waals surface area contributed by atoms with Gasteiger partial charge in [-0.3, -0.25) is 9.59 Å². The fraction of sp³-hybridized carbons (Fsp3) is 0.652. The summed E-state index contributed by atoms with van der Waals surface area (Å²) in [5, 5.41) is 13.1. The van der Waals surface area contributed by atoms with Gasteiger partial charge < -0.3 is 10.4 Å². The largest absolute Gasteiger partial charge is 0.481 e. The Morgan fingerprint density at radius 1 is 1.07 bits per heavy atom. The number of carbonyl (C=O) groups is 2. The number of amides is 1. The normalized spacial score (nSPS) is 31.5. The Labute approximate surface area is 172 Å². The van der Waals surface area contributed by atoms with E-state index in [1.165, 1.54) is 38.5 Å². The maximum Gasteiger partial charge on any atom is 0.307 e. The van der Waals surface area contributed by atoms with Crippen LogP contribution in [0.15, 0.2) is 24.3 Å². The fourth-order valence-electron chi connectivity index (χ4n) is 6.51. The van der Waals surface area contributed by atoms with E-state index in [4.69, 9.17) is 11.6 Å². The molecule has 0 aromatic heterocycles. The van der Waals surface area contributed by atoms with E-state index >= 15 is 0 Å². The monoisotopic (exact) mass is 403 g/mol. The number of hydrogen-bond donors (Lipinski definition) is 2. The molecule has 5 rings (SSSR count). The molecule has 4 nitrogen and oxygen atoms in total. The molecule has 4 aliphatic rings. The smallest absolute Gasteiger partial charge is 0.307 e. The number of carboxylic acids is 1. The molecule has 4 aliphatic carbocycles. The van der Waals surface area contributed by atoms with Crippen LogP contribution in [0.5, 0.6) is 0 Å². The lowest BCUT2D eigenvalue weighted by atomic mass is 9.49. The summed E-state index contributed by atoms with van der Waals surface area (Å²) in [6, 6.07) is 7.15. The molecule has 0 heterocycles. The van der Waals surface area contributed by atoms with Crippen molar-refractivity contribution in [1.82, 2.24) is 5.32 Å². The van der Waals surface area contributed by atoms with E-state index in [2.05, 4.69) is 5.32 Å². The van der Waals surface area contributed by atoms with Gasteiger partial charge in [0.25, 0.3) is 0 Å². The van der Waals surface area contributed by atoms with Crippen LogP contribution in [0.25, 0.3) is 0 Å². The molecule has 0 aliphatic heterocycles. The maximum atomic E-state index is 12.4. The fourth-order valence-corrected chi connectivity index (χ4v) is 6.64. The minimum absolute atomic E-state index is 0.0266. The summed E-state index contributed by atoms with van der Waals surface area (Å²) in [5.41, 5.74) is 1.33. The van der Waals surface area contributed by atoms with E-state index in [0.29, 0.717) is 23.4 Å². The summed E-state index contributed by atoms with van der Waals surface area (Å²) in [6.45, 7) is 0.679. The third-order valence-electron chi connectivity index (χ3n) is 7.32. The van der Waals surface area contributed by atoms with Crippen molar-refractivity contribution in [3.8, 4) is 0 Å². The van der Waals surface area contributed by atoms with E-state index in [1.54, 1.807) is 12.1 Å². The lowest BCUT2D eigenvalue weighted by Crippen LogP contribution is -2.47. The molecule has 2 N–H and O–H groups in total. The lowest BCUT2D eigenvalue weighted by molar-refractivity contribution is -0.144. The first-order valence-corrected chi connectivity index (χ1v) is 11.0. The topological polar surface area (TPSA) is 66.4 Å². The average molecular weight is 404 g/mol. The number of rotatable bonds is 8. The van der Waals surface area contributed by atoms with E-state index in [0.717, 1.165) is 29.7 Å². The molecule has 4 fully saturated rings. The van der Waals surface area contributed by atoms with Crippen LogP contribution in [0.3, 0.4) is 0 Å². The highest BCUT2D eigenvalue weighted by Crippen LogP contribution is 2.61. The molecule has 0 radical (unpaired) electrons. The predicted octanol–water partition coefficient (Wildman–Crippen LogP) is 4.70. The first-order valence-electron chi connectivity index (χ1n) is 10.6. The van der Waals surface area contributed by atoms with Crippen LogP contribution in [-0.4, -0.2) is 23.5 Å². The number of hydrogen-bond acceptors (Lipinski definition) is 2. The second-order valence-corrected chi connectivity index (χ2v) is 10.0. The lowest BCUT2D eigenvalue weighted by Gasteiger charge is -2.57. The number of halogens is 1. The van der Waals surface area contributed by atoms with Crippen molar-refractivity contribution >= 4 is 23.5 Å². The number of carboxylic acid groups (broad SMARTS) is 1. The van der Waals surface area contributed by atoms with Gasteiger partial charge in [-0.1, -0.05) is 23.7 Å². The van der Waals surface area contributed by atoms with Gasteiger partial charge in [-0.2, -0.15) is 0 Å². The zero-order valence-corrected chi connectivity index (χ0v) is 17.1. The van der Waals surface area contributed by atoms with Gasteiger partial charge >= 0.3 is 5.97 Å². The van der Waals surface area contributed by atoms with Crippen molar-refractivity contribution in [2.45, 2.75) is 57.8 Å². The molecule has 152 valence electrons. The van der Waals surface area contributed by atoms with Gasteiger partial charge in [0.15, 0.2) is 0 Å². The molecule has 5 heteroatoms. The molecular weight excluding hydrogens is 374 g/mol. The van der Waals surface area contributed by atoms with Gasteiger partial charge in [0.2, 0.25) is 5.91 Å². The van der Waals surface area contributed by atoms with E-state index in [9.17, 15) is 14.7 Å². The molecule has 0 saturated heterocycles. The molecule has 0 spiro atoms. The highest BCUT2D eigenvalue weighted by atomic mass is 35.5. The highest BCUT2D eigenvalue weighted by molar-refractivity contribution is 6.30. The summed E-state index contributed by atoms with van der Waals surface area (Å²) >= 11 is 5.88. The zero-order chi connectivity index (χ0) is 19.7. The van der Waals surface area contributed by atoms with Gasteiger partial charge in [-0.15, -0.1) is 0 Å². The summed E-state index contributed by atoms with van der Waals surface area (Å²) in [7, 11) is 0. The molecule has 4 saturated carbocycles. The van der Waals surface area contributed by atoms with Crippen LogP contribution in [0, 0.1) is 29.1 Å². The number of nitrogens with one attached hydrogen (secondary N) is 1. The van der Waals surface area contributed by atoms with E-state index in [1.807, 2.05) is 12.1 Å². The summed E-state index contributed by atoms with van der Waals surface area (Å²) < 4.78 is 0. The Morgan fingerprint density at radius 3 is 2.18 bits per heavy atom. The van der Waals surface area contributed by atoms with Gasteiger partial charge in [-0.05, 0) is 92.2 Å². The standard InChI is InChI=1S/C23H30ClNO3/c24-20-3-1-15(2-4-20)10-19(22(27)28)11-21(26)25-6-5-23-12-16-7-17(13-23)9-18(8-16)14-23/h1-4,16-19H,5-14H2,(H,25,26)(H,27,28)/t16?,17?,18?,19-,23?/m0/s1. The van der Waals surface area contributed by atoms with Crippen molar-refractivity contribution in [2.24, 2.45) is 29.1 Å². The number of aliphatic carboxylic acids is 1. The summed E-state index contributed by atoms with van der Waals surface area (Å²) in [6.07, 6.45) is 9.71. The molecule has 1 aromatic rings. The molecule has 1 amide bonds. The second-order valence-electron chi connectivity index (χ2n) is 9.59. The Bertz CT molecular complexity index is 695. The number of carbonyl (C=O) groups excluding carboxylic acids is 1. The van der Waals surface area contributed by atoms with Crippen LogP contribution in [-0.2, 0) is 16.0 Å². The molecule has 0 unspecified atom stereocenters. The van der Waals surface area contributed by atoms with E-state index in [-0.39, 0.29) is 12.3 Å². The second kappa shape index (κ2) is 8.06. The van der Waals surface area contributed by atoms with Gasteiger partial charge in [0.05, 0.1) is 5.92 Å². The number of benzene rings is 1. The molecule has 1 aromatic carbocycles. The SMILES string of the molecule is O=C(C[C@H](Cc1ccc(Cl)cc1)C(=O)O)NCCC12CC3CC(CC(C3)C1)C2. The van der Waals surface area contributed by atoms with Crippen molar-refractivity contribution < 1.29 is 14.7 Å². The quantitative estimate of drug-likeness (QED) is 0.661. The van der Waals surface area contributed by atoms with Crippen LogP contribution in [0.4, 0.5) is 0 Å². The average Bonchev–Trinajstić information content (AvgIpc) is 2.61.